The maximum atomic E-state index is 13.2. The molecule has 0 spiro atoms. The molecule has 0 aliphatic carbocycles. The normalized spacial score (nSPS) is 15.3. The van der Waals surface area contributed by atoms with E-state index in [4.69, 9.17) is 32.4 Å². The van der Waals surface area contributed by atoms with Gasteiger partial charge in [-0.3, -0.25) is 10.2 Å². The van der Waals surface area contributed by atoms with Crippen molar-refractivity contribution in [2.45, 2.75) is 46.1 Å². The molecule has 1 aliphatic rings. The van der Waals surface area contributed by atoms with Gasteiger partial charge >= 0.3 is 10.1 Å². The van der Waals surface area contributed by atoms with Gasteiger partial charge in [0.1, 0.15) is 11.6 Å². The number of hydrogen-bond donors (Lipinski definition) is 1. The van der Waals surface area contributed by atoms with E-state index in [1.165, 1.54) is 0 Å². The average Bonchev–Trinajstić information content (AvgIpc) is 3.19. The van der Waals surface area contributed by atoms with Crippen LogP contribution in [0.3, 0.4) is 0 Å². The molecule has 38 heavy (non-hydrogen) atoms. The molecule has 0 radical (unpaired) electrons. The van der Waals surface area contributed by atoms with Gasteiger partial charge in [0.15, 0.2) is 5.69 Å². The number of halogens is 2. The third-order valence-corrected chi connectivity index (χ3v) is 8.27. The number of aromatic nitrogens is 2. The number of benzene rings is 2. The fourth-order valence-corrected chi connectivity index (χ4v) is 6.14. The SMILES string of the molecule is Cc1c(C(=O)NN2CCCCC2)nc(-c2ccc(Cl)cc2Cl)n1CC(C)CCS(=O)(=O)Oc1ccccc1. The lowest BCUT2D eigenvalue weighted by Crippen LogP contribution is -2.45. The minimum atomic E-state index is -3.76. The summed E-state index contributed by atoms with van der Waals surface area (Å²) in [6.07, 6.45) is 3.58. The van der Waals surface area contributed by atoms with Gasteiger partial charge in [0.2, 0.25) is 0 Å². The van der Waals surface area contributed by atoms with Crippen molar-refractivity contribution in [1.82, 2.24) is 20.0 Å². The van der Waals surface area contributed by atoms with Crippen molar-refractivity contribution in [1.29, 1.82) is 0 Å². The first kappa shape index (κ1) is 28.4. The molecule has 1 amide bonds. The van der Waals surface area contributed by atoms with Crippen LogP contribution >= 0.6 is 23.2 Å². The van der Waals surface area contributed by atoms with Crippen molar-refractivity contribution >= 4 is 39.2 Å². The maximum Gasteiger partial charge on any atom is 0.309 e. The maximum absolute atomic E-state index is 13.2. The van der Waals surface area contributed by atoms with E-state index in [2.05, 4.69) is 5.43 Å². The van der Waals surface area contributed by atoms with Crippen LogP contribution in [0.2, 0.25) is 10.0 Å². The number of amides is 1. The molecule has 2 heterocycles. The standard InChI is InChI=1S/C27H32Cl2N4O4S/c1-19(13-16-38(35,36)37-22-9-5-3-6-10-22)18-33-20(2)25(27(34)31-32-14-7-4-8-15-32)30-26(33)23-12-11-21(28)17-24(23)29/h3,5-6,9-12,17,19H,4,7-8,13-16,18H2,1-2H3,(H,31,34). The lowest BCUT2D eigenvalue weighted by atomic mass is 10.1. The van der Waals surface area contributed by atoms with Crippen LogP contribution in [0.5, 0.6) is 5.75 Å². The summed E-state index contributed by atoms with van der Waals surface area (Å²) in [6.45, 7) is 5.84. The number of imidazole rings is 1. The van der Waals surface area contributed by atoms with E-state index >= 15 is 0 Å². The first-order valence-corrected chi connectivity index (χ1v) is 15.0. The Labute approximate surface area is 234 Å². The van der Waals surface area contributed by atoms with Gasteiger partial charge in [0, 0.05) is 35.9 Å². The molecule has 1 aromatic heterocycles. The van der Waals surface area contributed by atoms with Crippen molar-refractivity contribution in [2.24, 2.45) is 5.92 Å². The van der Waals surface area contributed by atoms with Crippen LogP contribution in [0.4, 0.5) is 0 Å². The molecule has 0 bridgehead atoms. The number of carbonyl (C=O) groups excluding carboxylic acids is 1. The van der Waals surface area contributed by atoms with Crippen LogP contribution in [0.15, 0.2) is 48.5 Å². The zero-order valence-corrected chi connectivity index (χ0v) is 23.8. The van der Waals surface area contributed by atoms with E-state index in [0.717, 1.165) is 32.4 Å². The number of hydrogen-bond acceptors (Lipinski definition) is 6. The number of nitrogens with one attached hydrogen (secondary N) is 1. The van der Waals surface area contributed by atoms with Gasteiger partial charge < -0.3 is 8.75 Å². The number of piperidine rings is 1. The van der Waals surface area contributed by atoms with Gasteiger partial charge in [-0.05, 0) is 62.4 Å². The number of carbonyl (C=O) groups is 1. The molecule has 3 aromatic rings. The van der Waals surface area contributed by atoms with E-state index in [9.17, 15) is 13.2 Å². The van der Waals surface area contributed by atoms with Crippen LogP contribution in [0.25, 0.3) is 11.4 Å². The summed E-state index contributed by atoms with van der Waals surface area (Å²) in [5.41, 5.74) is 4.61. The van der Waals surface area contributed by atoms with Gasteiger partial charge in [-0.15, -0.1) is 0 Å². The molecule has 1 atom stereocenters. The predicted octanol–water partition coefficient (Wildman–Crippen LogP) is 5.73. The quantitative estimate of drug-likeness (QED) is 0.309. The molecule has 4 rings (SSSR count). The largest absolute Gasteiger partial charge is 0.382 e. The second kappa shape index (κ2) is 12.5. The van der Waals surface area contributed by atoms with Crippen molar-refractivity contribution in [2.75, 3.05) is 18.8 Å². The minimum Gasteiger partial charge on any atom is -0.382 e. The van der Waals surface area contributed by atoms with Crippen molar-refractivity contribution in [3.8, 4) is 17.1 Å². The summed E-state index contributed by atoms with van der Waals surface area (Å²) in [5, 5.41) is 2.84. The zero-order chi connectivity index (χ0) is 27.3. The predicted molar refractivity (Wildman–Crippen MR) is 150 cm³/mol. The average molecular weight is 580 g/mol. The van der Waals surface area contributed by atoms with Gasteiger partial charge in [-0.1, -0.05) is 54.7 Å². The number of hydrazine groups is 1. The Morgan fingerprint density at radius 3 is 2.50 bits per heavy atom. The summed E-state index contributed by atoms with van der Waals surface area (Å²) in [4.78, 5) is 17.9. The van der Waals surface area contributed by atoms with Crippen LogP contribution in [0.1, 0.15) is 48.8 Å². The summed E-state index contributed by atoms with van der Waals surface area (Å²) in [7, 11) is -3.76. The third kappa shape index (κ3) is 7.28. The lowest BCUT2D eigenvalue weighted by Gasteiger charge is -2.26. The van der Waals surface area contributed by atoms with Crippen molar-refractivity contribution < 1.29 is 17.4 Å². The smallest absolute Gasteiger partial charge is 0.309 e. The second-order valence-corrected chi connectivity index (χ2v) is 12.2. The molecule has 11 heteroatoms. The highest BCUT2D eigenvalue weighted by Crippen LogP contribution is 2.32. The highest BCUT2D eigenvalue weighted by molar-refractivity contribution is 7.87. The lowest BCUT2D eigenvalue weighted by molar-refractivity contribution is 0.0744. The van der Waals surface area contributed by atoms with E-state index in [1.807, 2.05) is 23.4 Å². The second-order valence-electron chi connectivity index (χ2n) is 9.64. The first-order chi connectivity index (χ1) is 18.1. The van der Waals surface area contributed by atoms with Gasteiger partial charge in [-0.25, -0.2) is 9.99 Å². The number of para-hydroxylation sites is 1. The summed E-state index contributed by atoms with van der Waals surface area (Å²) < 4.78 is 32.2. The zero-order valence-electron chi connectivity index (χ0n) is 21.5. The molecule has 1 aliphatic heterocycles. The first-order valence-electron chi connectivity index (χ1n) is 12.7. The van der Waals surface area contributed by atoms with Crippen LogP contribution in [-0.4, -0.2) is 47.7 Å². The Morgan fingerprint density at radius 1 is 1.11 bits per heavy atom. The van der Waals surface area contributed by atoms with Crippen LogP contribution in [-0.2, 0) is 16.7 Å². The Balaban J connectivity index is 1.55. The van der Waals surface area contributed by atoms with Crippen molar-refractivity contribution in [3.05, 3.63) is 70.0 Å². The molecule has 1 unspecified atom stereocenters. The molecule has 2 aromatic carbocycles. The molecule has 0 saturated carbocycles. The van der Waals surface area contributed by atoms with Crippen molar-refractivity contribution in [3.63, 3.8) is 0 Å². The van der Waals surface area contributed by atoms with Crippen LogP contribution < -0.4 is 9.61 Å². The molecular formula is C27H32Cl2N4O4S. The highest BCUT2D eigenvalue weighted by atomic mass is 35.5. The fraction of sp³-hybridized carbons (Fsp3) is 0.407. The highest BCUT2D eigenvalue weighted by Gasteiger charge is 2.25. The Hall–Kier alpha value is -2.59. The molecule has 1 N–H and O–H groups in total. The summed E-state index contributed by atoms with van der Waals surface area (Å²) >= 11 is 12.6. The number of nitrogens with zero attached hydrogens (tertiary/aromatic N) is 3. The monoisotopic (exact) mass is 578 g/mol. The molecule has 8 nitrogen and oxygen atoms in total. The Kier molecular flexibility index (Phi) is 9.36. The molecule has 204 valence electrons. The minimum absolute atomic E-state index is 0.0696. The number of rotatable bonds is 10. The third-order valence-electron chi connectivity index (χ3n) is 6.55. The fourth-order valence-electron chi connectivity index (χ4n) is 4.46. The van der Waals surface area contributed by atoms with Gasteiger partial charge in [-0.2, -0.15) is 8.42 Å². The van der Waals surface area contributed by atoms with E-state index < -0.39 is 10.1 Å². The Morgan fingerprint density at radius 2 is 1.82 bits per heavy atom. The molecule has 1 fully saturated rings. The van der Waals surface area contributed by atoms with Crippen LogP contribution in [0, 0.1) is 12.8 Å². The molecular weight excluding hydrogens is 547 g/mol. The summed E-state index contributed by atoms with van der Waals surface area (Å²) in [6, 6.07) is 13.6. The van der Waals surface area contributed by atoms with E-state index in [-0.39, 0.29) is 23.3 Å². The Bertz CT molecular complexity index is 1370. The van der Waals surface area contributed by atoms with E-state index in [0.29, 0.717) is 45.8 Å². The molecule has 1 saturated heterocycles. The van der Waals surface area contributed by atoms with Gasteiger partial charge in [0.05, 0.1) is 10.8 Å². The topological polar surface area (TPSA) is 93.5 Å². The summed E-state index contributed by atoms with van der Waals surface area (Å²) in [5.74, 6) is 0.328. The van der Waals surface area contributed by atoms with Gasteiger partial charge in [0.25, 0.3) is 5.91 Å². The van der Waals surface area contributed by atoms with E-state index in [1.54, 1.807) is 48.5 Å².